The Balaban J connectivity index is 1.53. The third-order valence-electron chi connectivity index (χ3n) is 4.95. The number of amides is 2. The van der Waals surface area contributed by atoms with Crippen LogP contribution in [0.5, 0.6) is 0 Å². The van der Waals surface area contributed by atoms with Crippen molar-refractivity contribution >= 4 is 11.8 Å². The molecule has 2 aromatic rings. The number of hydrogen-bond donors (Lipinski definition) is 0. The minimum atomic E-state index is -0.0826. The molecule has 2 heterocycles. The average Bonchev–Trinajstić information content (AvgIpc) is 3.26. The quantitative estimate of drug-likeness (QED) is 0.767. The average molecular weight is 371 g/mol. The summed E-state index contributed by atoms with van der Waals surface area (Å²) < 4.78 is 6.93. The fourth-order valence-electron chi connectivity index (χ4n) is 3.05. The Kier molecular flexibility index (Phi) is 6.18. The van der Waals surface area contributed by atoms with Crippen molar-refractivity contribution in [3.05, 3.63) is 42.5 Å². The molecule has 1 fully saturated rings. The zero-order valence-electron chi connectivity index (χ0n) is 15.7. The Bertz CT molecular complexity index is 754. The highest BCUT2D eigenvalue weighted by atomic mass is 16.5. The summed E-state index contributed by atoms with van der Waals surface area (Å²) in [6.45, 7) is 4.34. The summed E-state index contributed by atoms with van der Waals surface area (Å²) in [5.41, 5.74) is 1.93. The predicted molar refractivity (Wildman–Crippen MR) is 99.2 cm³/mol. The van der Waals surface area contributed by atoms with Crippen LogP contribution in [0.3, 0.4) is 0 Å². The molecule has 1 saturated heterocycles. The van der Waals surface area contributed by atoms with E-state index in [0.717, 1.165) is 11.3 Å². The second-order valence-electron chi connectivity index (χ2n) is 6.61. The molecule has 1 aliphatic rings. The Morgan fingerprint density at radius 2 is 1.89 bits per heavy atom. The summed E-state index contributed by atoms with van der Waals surface area (Å²) in [5.74, 6) is -0.0191. The Hall–Kier alpha value is -2.74. The molecule has 0 bridgehead atoms. The topological polar surface area (TPSA) is 80.6 Å². The molecule has 1 aliphatic heterocycles. The van der Waals surface area contributed by atoms with Crippen LogP contribution in [0, 0.1) is 0 Å². The van der Waals surface area contributed by atoms with Crippen molar-refractivity contribution in [2.45, 2.75) is 25.8 Å². The maximum atomic E-state index is 12.5. The highest BCUT2D eigenvalue weighted by Gasteiger charge is 2.21. The molecule has 0 radical (unpaired) electrons. The Morgan fingerprint density at radius 1 is 1.19 bits per heavy atom. The number of carbonyl (C=O) groups is 2. The van der Waals surface area contributed by atoms with Crippen LogP contribution < -0.4 is 0 Å². The number of ether oxygens (including phenoxy) is 1. The molecular formula is C19H25N5O3. The van der Waals surface area contributed by atoms with Gasteiger partial charge in [-0.05, 0) is 24.6 Å². The van der Waals surface area contributed by atoms with E-state index in [1.165, 1.54) is 6.33 Å². The predicted octanol–water partition coefficient (Wildman–Crippen LogP) is 1.43. The van der Waals surface area contributed by atoms with Gasteiger partial charge in [-0.1, -0.05) is 12.1 Å². The number of nitrogens with zero attached hydrogens (tertiary/aromatic N) is 5. The molecule has 3 rings (SSSR count). The molecule has 0 aliphatic carbocycles. The van der Waals surface area contributed by atoms with Gasteiger partial charge in [0, 0.05) is 33.0 Å². The highest BCUT2D eigenvalue weighted by Crippen LogP contribution is 2.21. The van der Waals surface area contributed by atoms with Crippen molar-refractivity contribution in [3.8, 4) is 5.69 Å². The van der Waals surface area contributed by atoms with Gasteiger partial charge >= 0.3 is 0 Å². The molecule has 1 aromatic heterocycles. The van der Waals surface area contributed by atoms with E-state index >= 15 is 0 Å². The van der Waals surface area contributed by atoms with E-state index < -0.39 is 0 Å². The van der Waals surface area contributed by atoms with E-state index in [4.69, 9.17) is 4.74 Å². The fourth-order valence-corrected chi connectivity index (χ4v) is 3.05. The molecule has 144 valence electrons. The summed E-state index contributed by atoms with van der Waals surface area (Å²) in [7, 11) is 1.78. The second kappa shape index (κ2) is 8.77. The van der Waals surface area contributed by atoms with Gasteiger partial charge in [-0.2, -0.15) is 5.10 Å². The van der Waals surface area contributed by atoms with Gasteiger partial charge in [-0.3, -0.25) is 9.59 Å². The van der Waals surface area contributed by atoms with Crippen LogP contribution >= 0.6 is 0 Å². The van der Waals surface area contributed by atoms with Crippen molar-refractivity contribution < 1.29 is 14.3 Å². The number of aromatic nitrogens is 3. The third kappa shape index (κ3) is 4.71. The number of hydrogen-bond acceptors (Lipinski definition) is 5. The highest BCUT2D eigenvalue weighted by molar-refractivity contribution is 5.84. The van der Waals surface area contributed by atoms with Crippen LogP contribution in [0.15, 0.2) is 36.9 Å². The van der Waals surface area contributed by atoms with Crippen molar-refractivity contribution in [2.24, 2.45) is 0 Å². The summed E-state index contributed by atoms with van der Waals surface area (Å²) >= 11 is 0. The van der Waals surface area contributed by atoms with E-state index in [-0.39, 0.29) is 30.7 Å². The summed E-state index contributed by atoms with van der Waals surface area (Å²) in [6.07, 6.45) is 3.58. The van der Waals surface area contributed by atoms with Gasteiger partial charge in [0.1, 0.15) is 12.7 Å². The molecule has 1 aromatic carbocycles. The third-order valence-corrected chi connectivity index (χ3v) is 4.95. The SMILES string of the molecule is C[C@@H](c1ccc(-n2cncn2)cc1)N(C)C(=O)CCC(=O)N1CCOCC1. The Morgan fingerprint density at radius 3 is 2.52 bits per heavy atom. The maximum Gasteiger partial charge on any atom is 0.223 e. The van der Waals surface area contributed by atoms with Gasteiger partial charge in [0.15, 0.2) is 0 Å². The van der Waals surface area contributed by atoms with Crippen LogP contribution in [-0.4, -0.2) is 69.7 Å². The first kappa shape index (κ1) is 19.0. The zero-order valence-corrected chi connectivity index (χ0v) is 15.7. The van der Waals surface area contributed by atoms with Gasteiger partial charge in [-0.15, -0.1) is 0 Å². The van der Waals surface area contributed by atoms with Gasteiger partial charge < -0.3 is 14.5 Å². The fraction of sp³-hybridized carbons (Fsp3) is 0.474. The van der Waals surface area contributed by atoms with Crippen LogP contribution in [0.4, 0.5) is 0 Å². The van der Waals surface area contributed by atoms with Crippen molar-refractivity contribution in [3.63, 3.8) is 0 Å². The normalized spacial score (nSPS) is 15.4. The smallest absolute Gasteiger partial charge is 0.223 e. The zero-order chi connectivity index (χ0) is 19.2. The monoisotopic (exact) mass is 371 g/mol. The first-order valence-electron chi connectivity index (χ1n) is 9.12. The molecule has 0 N–H and O–H groups in total. The molecule has 0 spiro atoms. The number of benzene rings is 1. The molecule has 27 heavy (non-hydrogen) atoms. The van der Waals surface area contributed by atoms with Crippen LogP contribution in [0.25, 0.3) is 5.69 Å². The number of morpholine rings is 1. The molecule has 0 unspecified atom stereocenters. The van der Waals surface area contributed by atoms with E-state index in [1.807, 2.05) is 31.2 Å². The lowest BCUT2D eigenvalue weighted by Gasteiger charge is -2.28. The van der Waals surface area contributed by atoms with Gasteiger partial charge in [-0.25, -0.2) is 9.67 Å². The lowest BCUT2D eigenvalue weighted by Crippen LogP contribution is -2.41. The lowest BCUT2D eigenvalue weighted by molar-refractivity contribution is -0.139. The Labute approximate surface area is 158 Å². The van der Waals surface area contributed by atoms with Crippen LogP contribution in [-0.2, 0) is 14.3 Å². The molecule has 2 amide bonds. The lowest BCUT2D eigenvalue weighted by atomic mass is 10.1. The van der Waals surface area contributed by atoms with Crippen molar-refractivity contribution in [1.82, 2.24) is 24.6 Å². The van der Waals surface area contributed by atoms with E-state index in [2.05, 4.69) is 10.1 Å². The molecule has 8 heteroatoms. The van der Waals surface area contributed by atoms with Crippen LogP contribution in [0.2, 0.25) is 0 Å². The van der Waals surface area contributed by atoms with E-state index in [1.54, 1.807) is 27.9 Å². The van der Waals surface area contributed by atoms with E-state index in [9.17, 15) is 9.59 Å². The van der Waals surface area contributed by atoms with Gasteiger partial charge in [0.05, 0.1) is 24.9 Å². The molecule has 0 saturated carbocycles. The van der Waals surface area contributed by atoms with Crippen LogP contribution in [0.1, 0.15) is 31.4 Å². The summed E-state index contributed by atoms with van der Waals surface area (Å²) in [5, 5.41) is 4.10. The first-order valence-corrected chi connectivity index (χ1v) is 9.12. The van der Waals surface area contributed by atoms with Crippen molar-refractivity contribution in [2.75, 3.05) is 33.4 Å². The molecule has 1 atom stereocenters. The van der Waals surface area contributed by atoms with Crippen molar-refractivity contribution in [1.29, 1.82) is 0 Å². The first-order chi connectivity index (χ1) is 13.1. The summed E-state index contributed by atoms with van der Waals surface area (Å²) in [4.78, 5) is 32.1. The number of rotatable bonds is 6. The standard InChI is InChI=1S/C19H25N5O3/c1-15(16-3-5-17(6-4-16)24-14-20-13-21-24)22(2)18(25)7-8-19(26)23-9-11-27-12-10-23/h3-6,13-15H,7-12H2,1-2H3/t15-/m0/s1. The van der Waals surface area contributed by atoms with Gasteiger partial charge in [0.25, 0.3) is 0 Å². The van der Waals surface area contributed by atoms with E-state index in [0.29, 0.717) is 26.3 Å². The largest absolute Gasteiger partial charge is 0.378 e. The summed E-state index contributed by atoms with van der Waals surface area (Å²) in [6, 6.07) is 7.76. The molecule has 8 nitrogen and oxygen atoms in total. The maximum absolute atomic E-state index is 12.5. The second-order valence-corrected chi connectivity index (χ2v) is 6.61. The number of carbonyl (C=O) groups excluding carboxylic acids is 2. The molecular weight excluding hydrogens is 346 g/mol. The minimum absolute atomic E-state index is 0.0184. The minimum Gasteiger partial charge on any atom is -0.378 e. The van der Waals surface area contributed by atoms with Gasteiger partial charge in [0.2, 0.25) is 11.8 Å².